The van der Waals surface area contributed by atoms with Crippen LogP contribution in [0.15, 0.2) is 16.5 Å². The second kappa shape index (κ2) is 6.43. The average molecular weight is 358 g/mol. The van der Waals surface area contributed by atoms with E-state index in [0.29, 0.717) is 6.54 Å². The summed E-state index contributed by atoms with van der Waals surface area (Å²) in [5, 5.41) is 3.05. The van der Waals surface area contributed by atoms with Crippen molar-refractivity contribution in [2.45, 2.75) is 65.0 Å². The molecule has 142 valence electrons. The molecule has 0 saturated heterocycles. The molecule has 1 aromatic heterocycles. The highest BCUT2D eigenvalue weighted by atomic mass is 16.3. The molecule has 4 fully saturated rings. The van der Waals surface area contributed by atoms with Crippen LogP contribution in [0.5, 0.6) is 0 Å². The predicted octanol–water partition coefficient (Wildman–Crippen LogP) is 3.27. The lowest BCUT2D eigenvalue weighted by molar-refractivity contribution is -0.149. The number of carbonyl (C=O) groups is 2. The van der Waals surface area contributed by atoms with Crippen molar-refractivity contribution < 1.29 is 14.0 Å². The van der Waals surface area contributed by atoms with Gasteiger partial charge in [0.25, 0.3) is 0 Å². The summed E-state index contributed by atoms with van der Waals surface area (Å²) in [6.07, 6.45) is 7.00. The first-order valence-electron chi connectivity index (χ1n) is 9.96. The van der Waals surface area contributed by atoms with Crippen molar-refractivity contribution in [3.05, 3.63) is 23.7 Å². The number of likely N-dealkylation sites (N-methyl/N-ethyl adjacent to an activating group) is 1. The fourth-order valence-electron chi connectivity index (χ4n) is 6.01. The fraction of sp³-hybridized carbons (Fsp3) is 0.714. The van der Waals surface area contributed by atoms with Gasteiger partial charge in [0.1, 0.15) is 17.6 Å². The van der Waals surface area contributed by atoms with E-state index in [1.54, 1.807) is 18.9 Å². The third-order valence-electron chi connectivity index (χ3n) is 6.80. The molecule has 5 heteroatoms. The zero-order valence-electron chi connectivity index (χ0n) is 16.1. The first-order valence-corrected chi connectivity index (χ1v) is 9.96. The smallest absolute Gasteiger partial charge is 0.245 e. The summed E-state index contributed by atoms with van der Waals surface area (Å²) in [4.78, 5) is 27.4. The van der Waals surface area contributed by atoms with E-state index in [1.807, 2.05) is 19.1 Å². The summed E-state index contributed by atoms with van der Waals surface area (Å²) in [5.74, 6) is 3.81. The van der Waals surface area contributed by atoms with Crippen LogP contribution in [0.1, 0.15) is 57.0 Å². The fourth-order valence-corrected chi connectivity index (χ4v) is 6.01. The van der Waals surface area contributed by atoms with E-state index in [9.17, 15) is 9.59 Å². The van der Waals surface area contributed by atoms with Crippen LogP contribution in [-0.2, 0) is 16.1 Å². The van der Waals surface area contributed by atoms with Crippen LogP contribution >= 0.6 is 0 Å². The molecule has 1 heterocycles. The summed E-state index contributed by atoms with van der Waals surface area (Å²) >= 11 is 0. The molecule has 1 N–H and O–H groups in total. The first kappa shape index (κ1) is 17.6. The van der Waals surface area contributed by atoms with Gasteiger partial charge in [-0.05, 0) is 82.3 Å². The van der Waals surface area contributed by atoms with Crippen LogP contribution in [0.2, 0.25) is 0 Å². The molecule has 26 heavy (non-hydrogen) atoms. The van der Waals surface area contributed by atoms with Gasteiger partial charge in [-0.25, -0.2) is 0 Å². The van der Waals surface area contributed by atoms with E-state index in [-0.39, 0.29) is 17.2 Å². The van der Waals surface area contributed by atoms with Gasteiger partial charge in [-0.2, -0.15) is 0 Å². The minimum absolute atomic E-state index is 0.0721. The van der Waals surface area contributed by atoms with E-state index in [0.717, 1.165) is 48.5 Å². The normalized spacial score (nSPS) is 33.1. The van der Waals surface area contributed by atoms with Gasteiger partial charge in [-0.3, -0.25) is 9.59 Å². The van der Waals surface area contributed by atoms with Crippen molar-refractivity contribution in [2.75, 3.05) is 7.05 Å². The van der Waals surface area contributed by atoms with Gasteiger partial charge >= 0.3 is 0 Å². The Morgan fingerprint density at radius 2 is 1.77 bits per heavy atom. The summed E-state index contributed by atoms with van der Waals surface area (Å²) in [7, 11) is 1.76. The van der Waals surface area contributed by atoms with Gasteiger partial charge in [0.2, 0.25) is 11.8 Å². The second-order valence-corrected chi connectivity index (χ2v) is 9.10. The van der Waals surface area contributed by atoms with Crippen molar-refractivity contribution in [3.8, 4) is 0 Å². The van der Waals surface area contributed by atoms with Crippen LogP contribution in [0.3, 0.4) is 0 Å². The van der Waals surface area contributed by atoms with Crippen molar-refractivity contribution >= 4 is 11.8 Å². The van der Waals surface area contributed by atoms with Crippen molar-refractivity contribution in [1.29, 1.82) is 0 Å². The van der Waals surface area contributed by atoms with Gasteiger partial charge in [-0.1, -0.05) is 0 Å². The highest BCUT2D eigenvalue weighted by molar-refractivity contribution is 5.90. The molecule has 2 amide bonds. The van der Waals surface area contributed by atoms with E-state index >= 15 is 0 Å². The standard InChI is InChI=1S/C21H30N2O3/c1-13-4-5-18(26-13)12-23(3)19(24)14(2)22-20(25)21-9-15-6-16(10-21)8-17(7-15)11-21/h4-5,14-17H,6-12H2,1-3H3,(H,22,25)/t14-,15?,16?,17?,21?/m1/s1. The van der Waals surface area contributed by atoms with Gasteiger partial charge < -0.3 is 14.6 Å². The van der Waals surface area contributed by atoms with Crippen LogP contribution in [0.4, 0.5) is 0 Å². The monoisotopic (exact) mass is 358 g/mol. The zero-order valence-corrected chi connectivity index (χ0v) is 16.1. The highest BCUT2D eigenvalue weighted by Gasteiger charge is 2.54. The molecule has 1 aromatic rings. The Balaban J connectivity index is 1.37. The Hall–Kier alpha value is -1.78. The van der Waals surface area contributed by atoms with Gasteiger partial charge in [0.15, 0.2) is 0 Å². The minimum atomic E-state index is -0.503. The number of nitrogens with zero attached hydrogens (tertiary/aromatic N) is 1. The Morgan fingerprint density at radius 3 is 2.27 bits per heavy atom. The van der Waals surface area contributed by atoms with Crippen LogP contribution < -0.4 is 5.32 Å². The number of hydrogen-bond donors (Lipinski definition) is 1. The molecule has 4 aliphatic carbocycles. The molecule has 1 atom stereocenters. The van der Waals surface area contributed by atoms with E-state index in [4.69, 9.17) is 4.42 Å². The Bertz CT molecular complexity index is 673. The molecule has 4 bridgehead atoms. The average Bonchev–Trinajstić information content (AvgIpc) is 2.97. The number of amides is 2. The summed E-state index contributed by atoms with van der Waals surface area (Å²) < 4.78 is 5.55. The zero-order chi connectivity index (χ0) is 18.5. The van der Waals surface area contributed by atoms with Crippen molar-refractivity contribution in [1.82, 2.24) is 10.2 Å². The molecule has 5 rings (SSSR count). The predicted molar refractivity (Wildman–Crippen MR) is 98.1 cm³/mol. The topological polar surface area (TPSA) is 62.6 Å². The number of furan rings is 1. The maximum Gasteiger partial charge on any atom is 0.245 e. The SMILES string of the molecule is Cc1ccc(CN(C)C(=O)[C@@H](C)NC(=O)C23CC4CC(CC(C4)C2)C3)o1. The van der Waals surface area contributed by atoms with Gasteiger partial charge in [-0.15, -0.1) is 0 Å². The number of hydrogen-bond acceptors (Lipinski definition) is 3. The minimum Gasteiger partial charge on any atom is -0.464 e. The number of aryl methyl sites for hydroxylation is 1. The summed E-state index contributed by atoms with van der Waals surface area (Å²) in [6.45, 7) is 4.11. The molecule has 0 spiro atoms. The van der Waals surface area contributed by atoms with E-state index in [2.05, 4.69) is 5.32 Å². The molecule has 5 nitrogen and oxygen atoms in total. The lowest BCUT2D eigenvalue weighted by atomic mass is 9.49. The maximum atomic E-state index is 13.1. The number of carbonyl (C=O) groups excluding carboxylic acids is 2. The third kappa shape index (κ3) is 3.17. The number of rotatable bonds is 5. The van der Waals surface area contributed by atoms with Gasteiger partial charge in [0.05, 0.1) is 6.54 Å². The highest BCUT2D eigenvalue weighted by Crippen LogP contribution is 2.60. The van der Waals surface area contributed by atoms with Crippen LogP contribution in [-0.4, -0.2) is 29.8 Å². The van der Waals surface area contributed by atoms with E-state index in [1.165, 1.54) is 19.3 Å². The third-order valence-corrected chi connectivity index (χ3v) is 6.80. The van der Waals surface area contributed by atoms with Crippen molar-refractivity contribution in [2.24, 2.45) is 23.2 Å². The van der Waals surface area contributed by atoms with Crippen LogP contribution in [0.25, 0.3) is 0 Å². The lowest BCUT2D eigenvalue weighted by Crippen LogP contribution is -2.56. The maximum absolute atomic E-state index is 13.1. The molecule has 4 saturated carbocycles. The Labute approximate surface area is 155 Å². The first-order chi connectivity index (χ1) is 12.3. The molecule has 0 unspecified atom stereocenters. The van der Waals surface area contributed by atoms with Crippen LogP contribution in [0, 0.1) is 30.1 Å². The Kier molecular flexibility index (Phi) is 4.36. The molecular formula is C21H30N2O3. The molecular weight excluding hydrogens is 328 g/mol. The Morgan fingerprint density at radius 1 is 1.19 bits per heavy atom. The van der Waals surface area contributed by atoms with Gasteiger partial charge in [0, 0.05) is 12.5 Å². The number of nitrogens with one attached hydrogen (secondary N) is 1. The molecule has 0 radical (unpaired) electrons. The second-order valence-electron chi connectivity index (χ2n) is 9.10. The summed E-state index contributed by atoms with van der Waals surface area (Å²) in [5.41, 5.74) is -0.208. The lowest BCUT2D eigenvalue weighted by Gasteiger charge is -2.55. The largest absolute Gasteiger partial charge is 0.464 e. The van der Waals surface area contributed by atoms with Crippen molar-refractivity contribution in [3.63, 3.8) is 0 Å². The quantitative estimate of drug-likeness (QED) is 0.879. The molecule has 0 aliphatic heterocycles. The summed E-state index contributed by atoms with van der Waals surface area (Å²) in [6, 6.07) is 3.28. The molecule has 0 aromatic carbocycles. The van der Waals surface area contributed by atoms with E-state index < -0.39 is 6.04 Å². The molecule has 4 aliphatic rings.